The van der Waals surface area contributed by atoms with Crippen molar-refractivity contribution < 1.29 is 4.79 Å². The number of carbonyl (C=O) groups is 1. The van der Waals surface area contributed by atoms with E-state index in [1.807, 2.05) is 6.92 Å². The number of likely N-dealkylation sites (tertiary alicyclic amines) is 1. The standard InChI is InChI=1S/C18H32N2O/c1-6-9-10-12-19(5)13-11-18(8-3)14-20(15-18)17(21)16(4)7-2/h16H,6-8,11-15H2,1-5H3. The lowest BCUT2D eigenvalue weighted by molar-refractivity contribution is -0.148. The maximum absolute atomic E-state index is 12.2. The zero-order chi connectivity index (χ0) is 15.9. The van der Waals surface area contributed by atoms with E-state index in [9.17, 15) is 4.79 Å². The van der Waals surface area contributed by atoms with Crippen LogP contribution in [0.4, 0.5) is 0 Å². The Bertz CT molecular complexity index is 388. The third-order valence-electron chi connectivity index (χ3n) is 4.82. The average molecular weight is 292 g/mol. The van der Waals surface area contributed by atoms with Gasteiger partial charge in [0.25, 0.3) is 0 Å². The van der Waals surface area contributed by atoms with Gasteiger partial charge in [0.05, 0.1) is 6.54 Å². The highest BCUT2D eigenvalue weighted by atomic mass is 16.2. The van der Waals surface area contributed by atoms with Gasteiger partial charge >= 0.3 is 0 Å². The maximum atomic E-state index is 12.2. The van der Waals surface area contributed by atoms with Gasteiger partial charge < -0.3 is 4.90 Å². The number of hydrogen-bond donors (Lipinski definition) is 0. The van der Waals surface area contributed by atoms with Crippen molar-refractivity contribution in [1.82, 2.24) is 9.80 Å². The summed E-state index contributed by atoms with van der Waals surface area (Å²) in [6.07, 6.45) is 4.19. The largest absolute Gasteiger partial charge is 0.341 e. The molecule has 1 heterocycles. The zero-order valence-electron chi connectivity index (χ0n) is 14.5. The Balaban J connectivity index is 2.38. The predicted octanol–water partition coefficient (Wildman–Crippen LogP) is 3.01. The van der Waals surface area contributed by atoms with Crippen LogP contribution >= 0.6 is 0 Å². The topological polar surface area (TPSA) is 23.6 Å². The number of amides is 1. The van der Waals surface area contributed by atoms with E-state index in [1.54, 1.807) is 0 Å². The monoisotopic (exact) mass is 292 g/mol. The molecular formula is C18H32N2O. The molecule has 1 unspecified atom stereocenters. The average Bonchev–Trinajstić information content (AvgIpc) is 2.45. The zero-order valence-corrected chi connectivity index (χ0v) is 14.5. The van der Waals surface area contributed by atoms with Gasteiger partial charge in [-0.1, -0.05) is 33.6 Å². The normalized spacial score (nSPS) is 17.9. The van der Waals surface area contributed by atoms with Crippen molar-refractivity contribution in [3.63, 3.8) is 0 Å². The molecule has 1 rings (SSSR count). The van der Waals surface area contributed by atoms with Gasteiger partial charge in [-0.05, 0) is 32.9 Å². The molecular weight excluding hydrogens is 260 g/mol. The molecule has 1 saturated heterocycles. The number of hydrogen-bond acceptors (Lipinski definition) is 2. The second-order valence-corrected chi connectivity index (χ2v) is 6.55. The van der Waals surface area contributed by atoms with Gasteiger partial charge in [0.15, 0.2) is 0 Å². The third kappa shape index (κ3) is 5.04. The van der Waals surface area contributed by atoms with E-state index < -0.39 is 0 Å². The quantitative estimate of drug-likeness (QED) is 0.673. The van der Waals surface area contributed by atoms with E-state index in [-0.39, 0.29) is 5.92 Å². The fourth-order valence-corrected chi connectivity index (χ4v) is 2.79. The van der Waals surface area contributed by atoms with Gasteiger partial charge in [-0.25, -0.2) is 0 Å². The van der Waals surface area contributed by atoms with Crippen molar-refractivity contribution >= 4 is 5.91 Å². The molecule has 1 amide bonds. The van der Waals surface area contributed by atoms with E-state index >= 15 is 0 Å². The second kappa shape index (κ2) is 8.44. The highest BCUT2D eigenvalue weighted by molar-refractivity contribution is 5.79. The highest BCUT2D eigenvalue weighted by Crippen LogP contribution is 2.38. The van der Waals surface area contributed by atoms with E-state index in [2.05, 4.69) is 49.5 Å². The minimum atomic E-state index is 0.173. The van der Waals surface area contributed by atoms with Crippen LogP contribution < -0.4 is 0 Å². The molecule has 1 aliphatic heterocycles. The van der Waals surface area contributed by atoms with Crippen molar-refractivity contribution in [1.29, 1.82) is 0 Å². The molecule has 0 saturated carbocycles. The number of nitrogens with zero attached hydrogens (tertiary/aromatic N) is 2. The van der Waals surface area contributed by atoms with Crippen molar-refractivity contribution in [3.05, 3.63) is 0 Å². The van der Waals surface area contributed by atoms with Crippen LogP contribution in [0.1, 0.15) is 53.4 Å². The summed E-state index contributed by atoms with van der Waals surface area (Å²) in [6.45, 7) is 12.3. The Hall–Kier alpha value is -1.01. The van der Waals surface area contributed by atoms with Gasteiger partial charge in [-0.2, -0.15) is 0 Å². The summed E-state index contributed by atoms with van der Waals surface area (Å²) in [5.41, 5.74) is 0.343. The van der Waals surface area contributed by atoms with E-state index in [0.29, 0.717) is 11.3 Å². The van der Waals surface area contributed by atoms with Gasteiger partial charge in [-0.15, -0.1) is 5.92 Å². The molecule has 120 valence electrons. The van der Waals surface area contributed by atoms with E-state index in [4.69, 9.17) is 0 Å². The Labute approximate surface area is 131 Å². The van der Waals surface area contributed by atoms with Crippen LogP contribution in [0.5, 0.6) is 0 Å². The van der Waals surface area contributed by atoms with Crippen LogP contribution in [0.3, 0.4) is 0 Å². The lowest BCUT2D eigenvalue weighted by Crippen LogP contribution is -2.59. The minimum Gasteiger partial charge on any atom is -0.341 e. The van der Waals surface area contributed by atoms with Crippen LogP contribution in [-0.4, -0.2) is 48.9 Å². The predicted molar refractivity (Wildman–Crippen MR) is 88.9 cm³/mol. The summed E-state index contributed by atoms with van der Waals surface area (Å²) in [4.78, 5) is 16.5. The molecule has 0 radical (unpaired) electrons. The molecule has 1 atom stereocenters. The number of carbonyl (C=O) groups excluding carboxylic acids is 1. The minimum absolute atomic E-state index is 0.173. The summed E-state index contributed by atoms with van der Waals surface area (Å²) < 4.78 is 0. The first-order chi connectivity index (χ1) is 9.98. The van der Waals surface area contributed by atoms with Crippen LogP contribution in [0.2, 0.25) is 0 Å². The fraction of sp³-hybridized carbons (Fsp3) is 0.833. The molecule has 3 heteroatoms. The fourth-order valence-electron chi connectivity index (χ4n) is 2.79. The van der Waals surface area contributed by atoms with Gasteiger partial charge in [-0.3, -0.25) is 9.69 Å². The maximum Gasteiger partial charge on any atom is 0.225 e. The Morgan fingerprint density at radius 1 is 1.29 bits per heavy atom. The van der Waals surface area contributed by atoms with Crippen molar-refractivity contribution in [2.75, 3.05) is 33.2 Å². The first-order valence-electron chi connectivity index (χ1n) is 8.41. The summed E-state index contributed by atoms with van der Waals surface area (Å²) in [5.74, 6) is 6.81. The first-order valence-corrected chi connectivity index (χ1v) is 8.41. The molecule has 0 aromatic carbocycles. The molecule has 3 nitrogen and oxygen atoms in total. The molecule has 0 aromatic heterocycles. The lowest BCUT2D eigenvalue weighted by Gasteiger charge is -2.51. The summed E-state index contributed by atoms with van der Waals surface area (Å²) in [7, 11) is 2.13. The SMILES string of the molecule is CCC#CCN(C)CCC1(CC)CN(C(=O)C(C)CC)C1. The molecule has 1 fully saturated rings. The highest BCUT2D eigenvalue weighted by Gasteiger charge is 2.43. The first kappa shape index (κ1) is 18.0. The molecule has 0 bridgehead atoms. The van der Waals surface area contributed by atoms with E-state index in [1.165, 1.54) is 0 Å². The van der Waals surface area contributed by atoms with Crippen LogP contribution in [0.15, 0.2) is 0 Å². The molecule has 1 aliphatic rings. The number of rotatable bonds is 7. The molecule has 0 aromatic rings. The van der Waals surface area contributed by atoms with Gasteiger partial charge in [0, 0.05) is 30.8 Å². The van der Waals surface area contributed by atoms with Crippen molar-refractivity contribution in [2.45, 2.75) is 53.4 Å². The molecule has 0 N–H and O–H groups in total. The van der Waals surface area contributed by atoms with E-state index in [0.717, 1.165) is 51.9 Å². The van der Waals surface area contributed by atoms with Gasteiger partial charge in [0.2, 0.25) is 5.91 Å². The van der Waals surface area contributed by atoms with Crippen LogP contribution in [-0.2, 0) is 4.79 Å². The summed E-state index contributed by atoms with van der Waals surface area (Å²) >= 11 is 0. The summed E-state index contributed by atoms with van der Waals surface area (Å²) in [5, 5.41) is 0. The lowest BCUT2D eigenvalue weighted by atomic mass is 9.74. The Kier molecular flexibility index (Phi) is 7.25. The van der Waals surface area contributed by atoms with Gasteiger partial charge in [0.1, 0.15) is 0 Å². The second-order valence-electron chi connectivity index (χ2n) is 6.55. The van der Waals surface area contributed by atoms with Crippen molar-refractivity contribution in [2.24, 2.45) is 11.3 Å². The third-order valence-corrected chi connectivity index (χ3v) is 4.82. The Morgan fingerprint density at radius 3 is 2.48 bits per heavy atom. The van der Waals surface area contributed by atoms with Crippen LogP contribution in [0, 0.1) is 23.2 Å². The van der Waals surface area contributed by atoms with Crippen molar-refractivity contribution in [3.8, 4) is 11.8 Å². The molecule has 0 aliphatic carbocycles. The molecule has 0 spiro atoms. The Morgan fingerprint density at radius 2 is 1.95 bits per heavy atom. The smallest absolute Gasteiger partial charge is 0.225 e. The molecule has 21 heavy (non-hydrogen) atoms. The summed E-state index contributed by atoms with van der Waals surface area (Å²) in [6, 6.07) is 0. The van der Waals surface area contributed by atoms with Crippen LogP contribution in [0.25, 0.3) is 0 Å².